The number of rotatable bonds is 3. The Kier molecular flexibility index (Phi) is 4.55. The van der Waals surface area contributed by atoms with E-state index in [-0.39, 0.29) is 16.2 Å². The van der Waals surface area contributed by atoms with Crippen molar-refractivity contribution in [3.05, 3.63) is 80.3 Å². The first-order chi connectivity index (χ1) is 13.1. The Morgan fingerprint density at radius 2 is 1.93 bits per heavy atom. The minimum atomic E-state index is -0.404. The molecule has 3 aromatic rings. The van der Waals surface area contributed by atoms with Gasteiger partial charge in [-0.05, 0) is 54.0 Å². The van der Waals surface area contributed by atoms with Crippen LogP contribution < -0.4 is 15.6 Å². The zero-order valence-electron chi connectivity index (χ0n) is 14.7. The van der Waals surface area contributed by atoms with Gasteiger partial charge in [0.25, 0.3) is 5.56 Å². The molecule has 6 nitrogen and oxygen atoms in total. The monoisotopic (exact) mass is 381 g/mol. The maximum Gasteiger partial charge on any atom is 0.260 e. The molecule has 0 bridgehead atoms. The number of hydrogen-bond acceptors (Lipinski definition) is 5. The Labute approximate surface area is 161 Å². The highest BCUT2D eigenvalue weighted by Crippen LogP contribution is 2.32. The summed E-state index contributed by atoms with van der Waals surface area (Å²) >= 11 is 5.30. The molecule has 0 amide bonds. The highest BCUT2D eigenvalue weighted by molar-refractivity contribution is 7.71. The summed E-state index contributed by atoms with van der Waals surface area (Å²) in [5.41, 5.74) is 2.66. The van der Waals surface area contributed by atoms with Gasteiger partial charge in [-0.1, -0.05) is 24.3 Å². The summed E-state index contributed by atoms with van der Waals surface area (Å²) in [6.07, 6.45) is 0.878. The average molecular weight is 381 g/mol. The molecule has 0 fully saturated rings. The lowest BCUT2D eigenvalue weighted by atomic mass is 9.90. The first-order valence-electron chi connectivity index (χ1n) is 8.64. The number of H-pyrrole nitrogens is 1. The van der Waals surface area contributed by atoms with Crippen LogP contribution in [-0.4, -0.2) is 28.3 Å². The van der Waals surface area contributed by atoms with Crippen molar-refractivity contribution >= 4 is 12.2 Å². The zero-order chi connectivity index (χ0) is 19.0. The molecule has 27 heavy (non-hydrogen) atoms. The SMILES string of the molecule is COc1ccc(-n2c(O)c(C3NCCc4ccccc43)c(=O)[nH]c2=S)cc1. The van der Waals surface area contributed by atoms with Crippen LogP contribution in [0.1, 0.15) is 22.7 Å². The largest absolute Gasteiger partial charge is 0.497 e. The summed E-state index contributed by atoms with van der Waals surface area (Å²) in [6.45, 7) is 0.721. The number of ether oxygens (including phenoxy) is 1. The van der Waals surface area contributed by atoms with E-state index in [1.807, 2.05) is 24.3 Å². The first kappa shape index (κ1) is 17.5. The zero-order valence-corrected chi connectivity index (χ0v) is 15.5. The van der Waals surface area contributed by atoms with E-state index >= 15 is 0 Å². The third-order valence-corrected chi connectivity index (χ3v) is 5.13. The van der Waals surface area contributed by atoms with E-state index in [9.17, 15) is 9.90 Å². The van der Waals surface area contributed by atoms with Crippen molar-refractivity contribution in [3.63, 3.8) is 0 Å². The van der Waals surface area contributed by atoms with Crippen LogP contribution in [-0.2, 0) is 6.42 Å². The second-order valence-corrected chi connectivity index (χ2v) is 6.75. The fourth-order valence-electron chi connectivity index (χ4n) is 3.53. The van der Waals surface area contributed by atoms with Crippen molar-refractivity contribution < 1.29 is 9.84 Å². The second kappa shape index (κ2) is 7.02. The number of nitrogens with zero attached hydrogens (tertiary/aromatic N) is 1. The molecule has 1 aromatic heterocycles. The van der Waals surface area contributed by atoms with Crippen LogP contribution in [0.5, 0.6) is 11.6 Å². The van der Waals surface area contributed by atoms with Crippen LogP contribution in [0.3, 0.4) is 0 Å². The topological polar surface area (TPSA) is 79.3 Å². The number of nitrogens with one attached hydrogen (secondary N) is 2. The Morgan fingerprint density at radius 1 is 1.19 bits per heavy atom. The highest BCUT2D eigenvalue weighted by Gasteiger charge is 2.28. The van der Waals surface area contributed by atoms with Gasteiger partial charge in [-0.3, -0.25) is 14.3 Å². The standard InChI is InChI=1S/C20H19N3O3S/c1-26-14-8-6-13(7-9-14)23-19(25)16(18(24)22-20(23)27)17-15-5-3-2-4-12(15)10-11-21-17/h2-9,17,21,25H,10-11H2,1H3,(H,22,24,27). The van der Waals surface area contributed by atoms with E-state index in [0.29, 0.717) is 11.4 Å². The van der Waals surface area contributed by atoms with Crippen molar-refractivity contribution in [2.45, 2.75) is 12.5 Å². The van der Waals surface area contributed by atoms with Crippen molar-refractivity contribution in [1.82, 2.24) is 14.9 Å². The van der Waals surface area contributed by atoms with Gasteiger partial charge in [0.1, 0.15) is 5.75 Å². The maximum atomic E-state index is 12.7. The van der Waals surface area contributed by atoms with Crippen molar-refractivity contribution in [2.24, 2.45) is 0 Å². The van der Waals surface area contributed by atoms with E-state index in [1.54, 1.807) is 31.4 Å². The Balaban J connectivity index is 1.91. The Hall–Kier alpha value is -2.90. The molecular formula is C20H19N3O3S. The summed E-state index contributed by atoms with van der Waals surface area (Å²) in [5, 5.41) is 14.4. The molecule has 0 radical (unpaired) electrons. The lowest BCUT2D eigenvalue weighted by Gasteiger charge is -2.27. The number of aromatic nitrogens is 2. The molecule has 0 aliphatic carbocycles. The van der Waals surface area contributed by atoms with Crippen molar-refractivity contribution in [1.29, 1.82) is 0 Å². The Morgan fingerprint density at radius 3 is 2.67 bits per heavy atom. The molecule has 4 rings (SSSR count). The van der Waals surface area contributed by atoms with Crippen LogP contribution in [0.25, 0.3) is 5.69 Å². The molecule has 1 aliphatic heterocycles. The summed E-state index contributed by atoms with van der Waals surface area (Å²) in [5.74, 6) is 0.528. The van der Waals surface area contributed by atoms with E-state index < -0.39 is 11.6 Å². The molecule has 3 N–H and O–H groups in total. The van der Waals surface area contributed by atoms with Gasteiger partial charge in [0.05, 0.1) is 24.4 Å². The predicted octanol–water partition coefficient (Wildman–Crippen LogP) is 2.84. The van der Waals surface area contributed by atoms with Crippen LogP contribution in [0.2, 0.25) is 0 Å². The van der Waals surface area contributed by atoms with E-state index in [2.05, 4.69) is 10.3 Å². The number of fused-ring (bicyclic) bond motifs is 1. The predicted molar refractivity (Wildman–Crippen MR) is 105 cm³/mol. The van der Waals surface area contributed by atoms with Gasteiger partial charge in [-0.25, -0.2) is 0 Å². The summed E-state index contributed by atoms with van der Waals surface area (Å²) in [4.78, 5) is 15.4. The van der Waals surface area contributed by atoms with Crippen LogP contribution in [0, 0.1) is 4.77 Å². The van der Waals surface area contributed by atoms with Crippen LogP contribution in [0.4, 0.5) is 0 Å². The van der Waals surface area contributed by atoms with Gasteiger partial charge < -0.3 is 15.2 Å². The molecule has 1 aliphatic rings. The second-order valence-electron chi connectivity index (χ2n) is 6.37. The van der Waals surface area contributed by atoms with Crippen LogP contribution in [0.15, 0.2) is 53.3 Å². The Bertz CT molecular complexity index is 1100. The lowest BCUT2D eigenvalue weighted by Crippen LogP contribution is -2.35. The lowest BCUT2D eigenvalue weighted by molar-refractivity contribution is 0.410. The molecule has 138 valence electrons. The number of hydrogen-bond donors (Lipinski definition) is 3. The molecule has 2 heterocycles. The number of aromatic amines is 1. The maximum absolute atomic E-state index is 12.7. The number of aromatic hydroxyl groups is 1. The fourth-order valence-corrected chi connectivity index (χ4v) is 3.82. The van der Waals surface area contributed by atoms with Crippen molar-refractivity contribution in [2.75, 3.05) is 13.7 Å². The number of benzene rings is 2. The molecule has 2 aromatic carbocycles. The summed E-state index contributed by atoms with van der Waals surface area (Å²) < 4.78 is 6.77. The third kappa shape index (κ3) is 3.05. The van der Waals surface area contributed by atoms with Gasteiger partial charge in [-0.2, -0.15) is 0 Å². The summed E-state index contributed by atoms with van der Waals surface area (Å²) in [7, 11) is 1.59. The molecule has 0 saturated carbocycles. The minimum absolute atomic E-state index is 0.135. The van der Waals surface area contributed by atoms with Gasteiger partial charge in [-0.15, -0.1) is 0 Å². The normalized spacial score (nSPS) is 16.0. The fraction of sp³-hybridized carbons (Fsp3) is 0.200. The number of methoxy groups -OCH3 is 1. The smallest absolute Gasteiger partial charge is 0.260 e. The quantitative estimate of drug-likeness (QED) is 0.608. The van der Waals surface area contributed by atoms with Gasteiger partial charge in [0, 0.05) is 6.54 Å². The first-order valence-corrected chi connectivity index (χ1v) is 9.05. The molecule has 1 atom stereocenters. The van der Waals surface area contributed by atoms with Gasteiger partial charge >= 0.3 is 0 Å². The molecule has 0 spiro atoms. The molecule has 1 unspecified atom stereocenters. The van der Waals surface area contributed by atoms with Crippen LogP contribution >= 0.6 is 12.2 Å². The van der Waals surface area contributed by atoms with E-state index in [1.165, 1.54) is 10.1 Å². The molecule has 0 saturated heterocycles. The van der Waals surface area contributed by atoms with Gasteiger partial charge in [0.2, 0.25) is 5.88 Å². The van der Waals surface area contributed by atoms with E-state index in [0.717, 1.165) is 18.5 Å². The van der Waals surface area contributed by atoms with Crippen molar-refractivity contribution in [3.8, 4) is 17.3 Å². The third-order valence-electron chi connectivity index (χ3n) is 4.85. The highest BCUT2D eigenvalue weighted by atomic mass is 32.1. The van der Waals surface area contributed by atoms with E-state index in [4.69, 9.17) is 17.0 Å². The average Bonchev–Trinajstić information content (AvgIpc) is 2.68. The van der Waals surface area contributed by atoms with Gasteiger partial charge in [0.15, 0.2) is 4.77 Å². The minimum Gasteiger partial charge on any atom is -0.497 e. The summed E-state index contributed by atoms with van der Waals surface area (Å²) in [6, 6.07) is 14.6. The molecule has 7 heteroatoms. The molecular weight excluding hydrogens is 362 g/mol.